The average molecular weight is 444 g/mol. The first-order chi connectivity index (χ1) is 11.3. The van der Waals surface area contributed by atoms with Gasteiger partial charge in [-0.25, -0.2) is 9.98 Å². The number of aliphatic imine (C=N–C) groups is 1. The van der Waals surface area contributed by atoms with Crippen LogP contribution in [0.2, 0.25) is 0 Å². The Labute approximate surface area is 162 Å². The molecule has 0 amide bonds. The van der Waals surface area contributed by atoms with Gasteiger partial charge >= 0.3 is 0 Å². The first-order valence-corrected chi connectivity index (χ1v) is 8.51. The molecule has 1 aromatic rings. The lowest BCUT2D eigenvalue weighted by molar-refractivity contribution is 0.392. The summed E-state index contributed by atoms with van der Waals surface area (Å²) in [5.74, 6) is 1.48. The van der Waals surface area contributed by atoms with E-state index in [9.17, 15) is 0 Å². The number of pyridine rings is 1. The lowest BCUT2D eigenvalue weighted by Crippen LogP contribution is -2.37. The van der Waals surface area contributed by atoms with E-state index in [1.807, 2.05) is 12.1 Å². The summed E-state index contributed by atoms with van der Waals surface area (Å²) in [6, 6.07) is 3.90. The first kappa shape index (κ1) is 20.7. The molecule has 0 unspecified atom stereocenters. The fourth-order valence-electron chi connectivity index (χ4n) is 2.71. The molecule has 1 heterocycles. The molecule has 1 aliphatic carbocycles. The van der Waals surface area contributed by atoms with Gasteiger partial charge in [0.15, 0.2) is 5.96 Å². The van der Waals surface area contributed by atoms with Gasteiger partial charge in [0.2, 0.25) is 5.88 Å². The molecule has 24 heavy (non-hydrogen) atoms. The van der Waals surface area contributed by atoms with E-state index < -0.39 is 0 Å². The molecule has 0 saturated carbocycles. The molecule has 134 valence electrons. The predicted molar refractivity (Wildman–Crippen MR) is 110 cm³/mol. The number of guanidine groups is 1. The average Bonchev–Trinajstić information content (AvgIpc) is 2.61. The van der Waals surface area contributed by atoms with E-state index in [2.05, 4.69) is 33.6 Å². The highest BCUT2D eigenvalue weighted by Gasteiger charge is 2.05. The van der Waals surface area contributed by atoms with E-state index in [4.69, 9.17) is 4.74 Å². The molecule has 1 aliphatic rings. The van der Waals surface area contributed by atoms with Crippen LogP contribution in [0.4, 0.5) is 0 Å². The molecule has 0 fully saturated rings. The minimum atomic E-state index is 0. The minimum absolute atomic E-state index is 0. The highest BCUT2D eigenvalue weighted by atomic mass is 127. The summed E-state index contributed by atoms with van der Waals surface area (Å²) in [6.45, 7) is 4.39. The van der Waals surface area contributed by atoms with Gasteiger partial charge in [-0.05, 0) is 45.1 Å². The second-order valence-electron chi connectivity index (χ2n) is 5.65. The number of ether oxygens (including phenoxy) is 1. The molecular weight excluding hydrogens is 415 g/mol. The Balaban J connectivity index is 0.00000288. The number of halogens is 1. The van der Waals surface area contributed by atoms with Crippen LogP contribution in [0.15, 0.2) is 35.0 Å². The molecule has 5 nitrogen and oxygen atoms in total. The van der Waals surface area contributed by atoms with Crippen LogP contribution >= 0.6 is 24.0 Å². The molecule has 1 aromatic heterocycles. The standard InChI is InChI=1S/C18H28N4O.HI/c1-3-19-18(21-13-11-15-8-5-4-6-9-15)22-14-16-10-7-12-20-17(16)23-2;/h7-8,10,12H,3-6,9,11,13-14H2,1-2H3,(H2,19,21,22);1H. The smallest absolute Gasteiger partial charge is 0.218 e. The van der Waals surface area contributed by atoms with Gasteiger partial charge in [0.25, 0.3) is 0 Å². The van der Waals surface area contributed by atoms with Crippen molar-refractivity contribution in [1.29, 1.82) is 0 Å². The summed E-state index contributed by atoms with van der Waals surface area (Å²) in [4.78, 5) is 8.83. The molecule has 0 saturated heterocycles. The Hall–Kier alpha value is -1.31. The summed E-state index contributed by atoms with van der Waals surface area (Å²) in [6.07, 6.45) is 10.4. The van der Waals surface area contributed by atoms with Gasteiger partial charge in [-0.3, -0.25) is 0 Å². The number of aromatic nitrogens is 1. The van der Waals surface area contributed by atoms with Gasteiger partial charge in [0.05, 0.1) is 13.7 Å². The third kappa shape index (κ3) is 7.07. The largest absolute Gasteiger partial charge is 0.481 e. The molecular formula is C18H29IN4O. The molecule has 0 radical (unpaired) electrons. The Morgan fingerprint density at radius 1 is 1.33 bits per heavy atom. The van der Waals surface area contributed by atoms with Crippen molar-refractivity contribution < 1.29 is 4.74 Å². The summed E-state index contributed by atoms with van der Waals surface area (Å²) < 4.78 is 5.27. The SMILES string of the molecule is CCNC(=NCc1cccnc1OC)NCCC1=CCCCC1.I. The zero-order chi connectivity index (χ0) is 16.3. The third-order valence-electron chi connectivity index (χ3n) is 3.92. The van der Waals surface area contributed by atoms with Gasteiger partial charge < -0.3 is 15.4 Å². The van der Waals surface area contributed by atoms with Crippen LogP contribution in [-0.2, 0) is 6.54 Å². The number of allylic oxidation sites excluding steroid dienone is 1. The van der Waals surface area contributed by atoms with Crippen LogP contribution in [0.5, 0.6) is 5.88 Å². The van der Waals surface area contributed by atoms with E-state index in [0.29, 0.717) is 12.4 Å². The highest BCUT2D eigenvalue weighted by Crippen LogP contribution is 2.19. The van der Waals surface area contributed by atoms with Crippen molar-refractivity contribution in [1.82, 2.24) is 15.6 Å². The number of hydrogen-bond acceptors (Lipinski definition) is 3. The summed E-state index contributed by atoms with van der Waals surface area (Å²) in [7, 11) is 1.64. The van der Waals surface area contributed by atoms with Crippen molar-refractivity contribution in [3.8, 4) is 5.88 Å². The van der Waals surface area contributed by atoms with Crippen molar-refractivity contribution in [3.05, 3.63) is 35.5 Å². The van der Waals surface area contributed by atoms with Gasteiger partial charge in [-0.1, -0.05) is 17.7 Å². The van der Waals surface area contributed by atoms with Gasteiger partial charge in [0.1, 0.15) is 0 Å². The van der Waals surface area contributed by atoms with E-state index in [-0.39, 0.29) is 24.0 Å². The zero-order valence-electron chi connectivity index (χ0n) is 14.7. The fraction of sp³-hybridized carbons (Fsp3) is 0.556. The zero-order valence-corrected chi connectivity index (χ0v) is 17.0. The van der Waals surface area contributed by atoms with Crippen LogP contribution in [0, 0.1) is 0 Å². The molecule has 0 aliphatic heterocycles. The van der Waals surface area contributed by atoms with Gasteiger partial charge in [-0.2, -0.15) is 0 Å². The van der Waals surface area contributed by atoms with Gasteiger partial charge in [0, 0.05) is 24.8 Å². The van der Waals surface area contributed by atoms with Crippen molar-refractivity contribution in [2.24, 2.45) is 4.99 Å². The summed E-state index contributed by atoms with van der Waals surface area (Å²) >= 11 is 0. The normalized spacial score (nSPS) is 14.4. The van der Waals surface area contributed by atoms with E-state index in [1.54, 1.807) is 18.9 Å². The Kier molecular flexibility index (Phi) is 10.5. The molecule has 6 heteroatoms. The number of rotatable bonds is 7. The number of hydrogen-bond donors (Lipinski definition) is 2. The third-order valence-corrected chi connectivity index (χ3v) is 3.92. The van der Waals surface area contributed by atoms with Crippen LogP contribution in [-0.4, -0.2) is 31.1 Å². The second kappa shape index (κ2) is 12.1. The van der Waals surface area contributed by atoms with Gasteiger partial charge in [-0.15, -0.1) is 24.0 Å². The summed E-state index contributed by atoms with van der Waals surface area (Å²) in [5.41, 5.74) is 2.57. The van der Waals surface area contributed by atoms with E-state index >= 15 is 0 Å². The molecule has 2 rings (SSSR count). The van der Waals surface area contributed by atoms with Crippen LogP contribution in [0.25, 0.3) is 0 Å². The maximum Gasteiger partial charge on any atom is 0.218 e. The maximum absolute atomic E-state index is 5.27. The number of methoxy groups -OCH3 is 1. The lowest BCUT2D eigenvalue weighted by Gasteiger charge is -2.15. The minimum Gasteiger partial charge on any atom is -0.481 e. The van der Waals surface area contributed by atoms with Crippen LogP contribution in [0.3, 0.4) is 0 Å². The first-order valence-electron chi connectivity index (χ1n) is 8.51. The Morgan fingerprint density at radius 3 is 2.92 bits per heavy atom. The number of nitrogens with one attached hydrogen (secondary N) is 2. The van der Waals surface area contributed by atoms with Crippen LogP contribution < -0.4 is 15.4 Å². The maximum atomic E-state index is 5.27. The molecule has 2 N–H and O–H groups in total. The quantitative estimate of drug-likeness (QED) is 0.292. The van der Waals surface area contributed by atoms with Crippen molar-refractivity contribution in [3.63, 3.8) is 0 Å². The molecule has 0 bridgehead atoms. The summed E-state index contributed by atoms with van der Waals surface area (Å²) in [5, 5.41) is 6.70. The number of nitrogens with zero attached hydrogens (tertiary/aromatic N) is 2. The second-order valence-corrected chi connectivity index (χ2v) is 5.65. The monoisotopic (exact) mass is 444 g/mol. The topological polar surface area (TPSA) is 58.5 Å². The van der Waals surface area contributed by atoms with Crippen molar-refractivity contribution in [2.45, 2.75) is 45.6 Å². The Morgan fingerprint density at radius 2 is 2.21 bits per heavy atom. The van der Waals surface area contributed by atoms with E-state index in [0.717, 1.165) is 31.0 Å². The van der Waals surface area contributed by atoms with Crippen molar-refractivity contribution in [2.75, 3.05) is 20.2 Å². The lowest BCUT2D eigenvalue weighted by atomic mass is 9.97. The van der Waals surface area contributed by atoms with E-state index in [1.165, 1.54) is 25.7 Å². The molecule has 0 spiro atoms. The van der Waals surface area contributed by atoms with Crippen molar-refractivity contribution >= 4 is 29.9 Å². The molecule has 0 atom stereocenters. The Bertz CT molecular complexity index is 546. The van der Waals surface area contributed by atoms with Crippen LogP contribution in [0.1, 0.15) is 44.6 Å². The molecule has 0 aromatic carbocycles. The fourth-order valence-corrected chi connectivity index (χ4v) is 2.71. The predicted octanol–water partition coefficient (Wildman–Crippen LogP) is 3.65. The highest BCUT2D eigenvalue weighted by molar-refractivity contribution is 14.0.